The van der Waals surface area contributed by atoms with Crippen LogP contribution in [-0.2, 0) is 12.8 Å². The summed E-state index contributed by atoms with van der Waals surface area (Å²) in [5.74, 6) is 0.910. The molecule has 27 heavy (non-hydrogen) atoms. The van der Waals surface area contributed by atoms with Crippen LogP contribution in [0.4, 0.5) is 10.5 Å². The summed E-state index contributed by atoms with van der Waals surface area (Å²) < 4.78 is 5.73. The Hall–Kier alpha value is -2.28. The summed E-state index contributed by atoms with van der Waals surface area (Å²) in [6.45, 7) is 8.45. The van der Waals surface area contributed by atoms with Crippen LogP contribution in [0.1, 0.15) is 23.7 Å². The minimum Gasteiger partial charge on any atom is -0.492 e. The molecule has 1 aromatic carbocycles. The van der Waals surface area contributed by atoms with E-state index in [4.69, 9.17) is 4.74 Å². The maximum atomic E-state index is 12.4. The lowest BCUT2D eigenvalue weighted by atomic mass is 10.2. The van der Waals surface area contributed by atoms with Gasteiger partial charge in [0, 0.05) is 50.2 Å². The maximum absolute atomic E-state index is 12.4. The number of ether oxygens (including phenoxy) is 1. The number of aryl methyl sites for hydroxylation is 1. The van der Waals surface area contributed by atoms with Crippen LogP contribution in [0, 0.1) is 0 Å². The van der Waals surface area contributed by atoms with Gasteiger partial charge in [0.05, 0.1) is 17.3 Å². The van der Waals surface area contributed by atoms with Crippen LogP contribution in [0.25, 0.3) is 0 Å². The van der Waals surface area contributed by atoms with Gasteiger partial charge in [-0.05, 0) is 25.5 Å². The third-order valence-electron chi connectivity index (χ3n) is 4.64. The van der Waals surface area contributed by atoms with Crippen molar-refractivity contribution in [1.82, 2.24) is 15.2 Å². The Morgan fingerprint density at radius 1 is 1.22 bits per heavy atom. The number of para-hydroxylation sites is 2. The molecule has 0 bridgehead atoms. The number of aromatic nitrogens is 1. The molecule has 2 aromatic rings. The Morgan fingerprint density at radius 2 is 2.00 bits per heavy atom. The molecule has 1 saturated heterocycles. The number of thiazole rings is 1. The molecular formula is C20H28N4O2S. The average Bonchev–Trinajstić information content (AvgIpc) is 3.17. The van der Waals surface area contributed by atoms with Gasteiger partial charge in [-0.1, -0.05) is 19.1 Å². The van der Waals surface area contributed by atoms with Gasteiger partial charge in [-0.2, -0.15) is 0 Å². The average molecular weight is 389 g/mol. The van der Waals surface area contributed by atoms with Crippen LogP contribution in [0.3, 0.4) is 0 Å². The van der Waals surface area contributed by atoms with Crippen molar-refractivity contribution < 1.29 is 9.53 Å². The minimum atomic E-state index is 0.0139. The number of anilines is 1. The zero-order valence-corrected chi connectivity index (χ0v) is 16.9. The van der Waals surface area contributed by atoms with Crippen LogP contribution >= 0.6 is 11.3 Å². The number of hydrogen-bond acceptors (Lipinski definition) is 5. The van der Waals surface area contributed by atoms with E-state index in [1.54, 1.807) is 11.3 Å². The minimum absolute atomic E-state index is 0.0139. The molecule has 6 nitrogen and oxygen atoms in total. The van der Waals surface area contributed by atoms with Gasteiger partial charge >= 0.3 is 6.03 Å². The van der Waals surface area contributed by atoms with E-state index in [1.807, 2.05) is 36.2 Å². The number of hydrogen-bond donors (Lipinski definition) is 1. The molecule has 1 fully saturated rings. The predicted molar refractivity (Wildman–Crippen MR) is 110 cm³/mol. The first kappa shape index (κ1) is 19.5. The first-order valence-electron chi connectivity index (χ1n) is 9.64. The first-order chi connectivity index (χ1) is 13.2. The molecule has 0 saturated carbocycles. The number of amides is 2. The quantitative estimate of drug-likeness (QED) is 0.791. The van der Waals surface area contributed by atoms with E-state index >= 15 is 0 Å². The summed E-state index contributed by atoms with van der Waals surface area (Å²) in [4.78, 5) is 22.3. The molecule has 2 amide bonds. The van der Waals surface area contributed by atoms with Crippen molar-refractivity contribution in [2.45, 2.75) is 26.7 Å². The fraction of sp³-hybridized carbons (Fsp3) is 0.500. The molecule has 0 radical (unpaired) electrons. The van der Waals surface area contributed by atoms with Crippen LogP contribution < -0.4 is 15.0 Å². The van der Waals surface area contributed by atoms with Crippen molar-refractivity contribution in [3.63, 3.8) is 0 Å². The van der Waals surface area contributed by atoms with E-state index in [0.29, 0.717) is 26.2 Å². The number of carbonyl (C=O) groups is 1. The summed E-state index contributed by atoms with van der Waals surface area (Å²) >= 11 is 1.73. The number of urea groups is 1. The van der Waals surface area contributed by atoms with Crippen LogP contribution in [-0.4, -0.2) is 55.2 Å². The second-order valence-electron chi connectivity index (χ2n) is 6.43. The zero-order chi connectivity index (χ0) is 19.1. The highest BCUT2D eigenvalue weighted by Gasteiger charge is 2.22. The van der Waals surface area contributed by atoms with Gasteiger partial charge in [-0.25, -0.2) is 9.78 Å². The highest BCUT2D eigenvalue weighted by molar-refractivity contribution is 7.11. The Morgan fingerprint density at radius 3 is 2.70 bits per heavy atom. The van der Waals surface area contributed by atoms with E-state index < -0.39 is 0 Å². The molecule has 0 atom stereocenters. The Bertz CT molecular complexity index is 741. The molecule has 0 spiro atoms. The largest absolute Gasteiger partial charge is 0.492 e. The van der Waals surface area contributed by atoms with E-state index in [2.05, 4.69) is 28.2 Å². The molecule has 1 aliphatic heterocycles. The van der Waals surface area contributed by atoms with Crippen molar-refractivity contribution in [3.05, 3.63) is 40.3 Å². The molecule has 1 aromatic heterocycles. The van der Waals surface area contributed by atoms with E-state index in [1.165, 1.54) is 4.88 Å². The summed E-state index contributed by atoms with van der Waals surface area (Å²) in [6.07, 6.45) is 3.74. The first-order valence-corrected chi connectivity index (χ1v) is 10.5. The number of nitrogens with one attached hydrogen (secondary N) is 1. The molecule has 2 heterocycles. The van der Waals surface area contributed by atoms with Crippen LogP contribution in [0.5, 0.6) is 5.75 Å². The SMILES string of the molecule is CCOc1ccccc1N1CCN(C(=O)NCCc2ncc(CC)s2)CC1. The van der Waals surface area contributed by atoms with Crippen molar-refractivity contribution in [2.75, 3.05) is 44.2 Å². The monoisotopic (exact) mass is 388 g/mol. The van der Waals surface area contributed by atoms with Gasteiger partial charge in [-0.15, -0.1) is 11.3 Å². The summed E-state index contributed by atoms with van der Waals surface area (Å²) in [7, 11) is 0. The zero-order valence-electron chi connectivity index (χ0n) is 16.1. The van der Waals surface area contributed by atoms with E-state index in [9.17, 15) is 4.79 Å². The Kier molecular flexibility index (Phi) is 6.92. The van der Waals surface area contributed by atoms with Crippen LogP contribution in [0.2, 0.25) is 0 Å². The molecule has 7 heteroatoms. The van der Waals surface area contributed by atoms with Crippen molar-refractivity contribution in [1.29, 1.82) is 0 Å². The second-order valence-corrected chi connectivity index (χ2v) is 7.63. The third kappa shape index (κ3) is 5.13. The fourth-order valence-electron chi connectivity index (χ4n) is 3.16. The summed E-state index contributed by atoms with van der Waals surface area (Å²) in [5.41, 5.74) is 1.11. The van der Waals surface area contributed by atoms with Crippen LogP contribution in [0.15, 0.2) is 30.5 Å². The highest BCUT2D eigenvalue weighted by Crippen LogP contribution is 2.28. The van der Waals surface area contributed by atoms with E-state index in [-0.39, 0.29) is 6.03 Å². The molecule has 0 unspecified atom stereocenters. The Balaban J connectivity index is 1.45. The maximum Gasteiger partial charge on any atom is 0.317 e. The van der Waals surface area contributed by atoms with Gasteiger partial charge in [0.1, 0.15) is 5.75 Å². The predicted octanol–water partition coefficient (Wildman–Crippen LogP) is 3.18. The summed E-state index contributed by atoms with van der Waals surface area (Å²) in [6, 6.07) is 8.11. The standard InChI is InChI=1S/C20H28N4O2S/c1-3-16-15-22-19(27-16)9-10-21-20(25)24-13-11-23(12-14-24)17-7-5-6-8-18(17)26-4-2/h5-8,15H,3-4,9-14H2,1-2H3,(H,21,25). The normalized spacial score (nSPS) is 14.3. The second kappa shape index (κ2) is 9.60. The van der Waals surface area contributed by atoms with Crippen molar-refractivity contribution in [2.24, 2.45) is 0 Å². The van der Waals surface area contributed by atoms with Gasteiger partial charge in [0.15, 0.2) is 0 Å². The smallest absolute Gasteiger partial charge is 0.317 e. The number of carbonyl (C=O) groups excluding carboxylic acids is 1. The number of piperazine rings is 1. The molecule has 1 N–H and O–H groups in total. The molecule has 0 aliphatic carbocycles. The Labute approximate surface area is 165 Å². The highest BCUT2D eigenvalue weighted by atomic mass is 32.1. The van der Waals surface area contributed by atoms with Crippen molar-refractivity contribution in [3.8, 4) is 5.75 Å². The summed E-state index contributed by atoms with van der Waals surface area (Å²) in [5, 5.41) is 4.11. The van der Waals surface area contributed by atoms with Gasteiger partial charge in [0.25, 0.3) is 0 Å². The lowest BCUT2D eigenvalue weighted by Gasteiger charge is -2.36. The number of rotatable bonds is 7. The van der Waals surface area contributed by atoms with Gasteiger partial charge < -0.3 is 19.9 Å². The topological polar surface area (TPSA) is 57.7 Å². The molecule has 3 rings (SSSR count). The number of benzene rings is 1. The number of nitrogens with zero attached hydrogens (tertiary/aromatic N) is 3. The lowest BCUT2D eigenvalue weighted by molar-refractivity contribution is 0.194. The molecule has 146 valence electrons. The third-order valence-corrected chi connectivity index (χ3v) is 5.84. The lowest BCUT2D eigenvalue weighted by Crippen LogP contribution is -2.52. The van der Waals surface area contributed by atoms with E-state index in [0.717, 1.165) is 42.4 Å². The molecular weight excluding hydrogens is 360 g/mol. The van der Waals surface area contributed by atoms with Crippen molar-refractivity contribution >= 4 is 23.1 Å². The van der Waals surface area contributed by atoms with Gasteiger partial charge in [-0.3, -0.25) is 0 Å². The molecule has 1 aliphatic rings. The van der Waals surface area contributed by atoms with Gasteiger partial charge in [0.2, 0.25) is 0 Å². The fourth-order valence-corrected chi connectivity index (χ4v) is 4.02.